The molecule has 3 nitrogen and oxygen atoms in total. The quantitative estimate of drug-likeness (QED) is 0.624. The van der Waals surface area contributed by atoms with Crippen LogP contribution in [-0.2, 0) is 10.0 Å². The smallest absolute Gasteiger partial charge is 0.212 e. The maximum atomic E-state index is 11.4. The summed E-state index contributed by atoms with van der Waals surface area (Å²) in [7, 11) is -3.08. The summed E-state index contributed by atoms with van der Waals surface area (Å²) in [5, 5.41) is 0. The second kappa shape index (κ2) is 5.78. The molecule has 0 unspecified atom stereocenters. The molecule has 0 N–H and O–H groups in total. The molecule has 0 spiro atoms. The minimum absolute atomic E-state index is 0.0440. The van der Waals surface area contributed by atoms with Gasteiger partial charge in [-0.05, 0) is 6.42 Å². The van der Waals surface area contributed by atoms with Gasteiger partial charge >= 0.3 is 0 Å². The van der Waals surface area contributed by atoms with Gasteiger partial charge in [0.05, 0.1) is 5.75 Å². The first-order valence-electron chi connectivity index (χ1n) is 4.12. The van der Waals surface area contributed by atoms with Crippen molar-refractivity contribution in [3.8, 4) is 0 Å². The summed E-state index contributed by atoms with van der Waals surface area (Å²) >= 11 is 5.38. The Balaban J connectivity index is 4.27. The number of rotatable bonds is 6. The van der Waals surface area contributed by atoms with E-state index in [2.05, 4.69) is 0 Å². The van der Waals surface area contributed by atoms with Crippen molar-refractivity contribution in [1.29, 1.82) is 0 Å². The summed E-state index contributed by atoms with van der Waals surface area (Å²) in [6.45, 7) is 4.92. The lowest BCUT2D eigenvalue weighted by molar-refractivity contribution is 0.428. The average molecular weight is 214 g/mol. The highest BCUT2D eigenvalue weighted by atomic mass is 35.5. The van der Waals surface area contributed by atoms with E-state index < -0.39 is 10.0 Å². The molecule has 0 radical (unpaired) electrons. The van der Waals surface area contributed by atoms with Gasteiger partial charge < -0.3 is 0 Å². The van der Waals surface area contributed by atoms with Gasteiger partial charge in [0.2, 0.25) is 10.0 Å². The number of hydrogen-bond donors (Lipinski definition) is 0. The Kier molecular flexibility index (Phi) is 5.88. The highest BCUT2D eigenvalue weighted by Gasteiger charge is 2.17. The van der Waals surface area contributed by atoms with E-state index in [0.717, 1.165) is 6.42 Å². The molecule has 0 aromatic heterocycles. The van der Waals surface area contributed by atoms with E-state index in [9.17, 15) is 8.42 Å². The Morgan fingerprint density at radius 2 is 1.92 bits per heavy atom. The molecular weight excluding hydrogens is 198 g/mol. The summed E-state index contributed by atoms with van der Waals surface area (Å²) in [6.07, 6.45) is 0.843. The van der Waals surface area contributed by atoms with Gasteiger partial charge in [0.1, 0.15) is 0 Å². The molecule has 0 atom stereocenters. The van der Waals surface area contributed by atoms with Crippen LogP contribution in [0.25, 0.3) is 0 Å². The molecule has 0 aromatic carbocycles. The fourth-order valence-electron chi connectivity index (χ4n) is 0.970. The van der Waals surface area contributed by atoms with E-state index in [4.69, 9.17) is 11.6 Å². The largest absolute Gasteiger partial charge is 0.215 e. The Hall–Kier alpha value is 0.200. The Labute approximate surface area is 79.8 Å². The lowest BCUT2D eigenvalue weighted by Crippen LogP contribution is -2.33. The van der Waals surface area contributed by atoms with Gasteiger partial charge in [-0.1, -0.05) is 13.8 Å². The van der Waals surface area contributed by atoms with Crippen molar-refractivity contribution in [2.45, 2.75) is 20.3 Å². The maximum Gasteiger partial charge on any atom is 0.215 e. The van der Waals surface area contributed by atoms with Crippen LogP contribution < -0.4 is 0 Å². The molecular formula is C7H16ClNO2S. The minimum atomic E-state index is -3.08. The summed E-state index contributed by atoms with van der Waals surface area (Å²) in [5.41, 5.74) is 0. The second-order valence-corrected chi connectivity index (χ2v) is 4.96. The topological polar surface area (TPSA) is 37.4 Å². The van der Waals surface area contributed by atoms with Crippen molar-refractivity contribution in [1.82, 2.24) is 4.31 Å². The number of hydrogen-bond acceptors (Lipinski definition) is 2. The third kappa shape index (κ3) is 3.74. The first-order valence-corrected chi connectivity index (χ1v) is 6.26. The first kappa shape index (κ1) is 12.2. The first-order chi connectivity index (χ1) is 5.58. The number of nitrogens with zero attached hydrogens (tertiary/aromatic N) is 1. The van der Waals surface area contributed by atoms with Crippen molar-refractivity contribution >= 4 is 21.6 Å². The molecule has 0 heterocycles. The van der Waals surface area contributed by atoms with Gasteiger partial charge in [0.25, 0.3) is 0 Å². The third-order valence-corrected chi connectivity index (χ3v) is 3.91. The highest BCUT2D eigenvalue weighted by Crippen LogP contribution is 2.02. The van der Waals surface area contributed by atoms with Crippen LogP contribution in [0.15, 0.2) is 0 Å². The minimum Gasteiger partial charge on any atom is -0.212 e. The van der Waals surface area contributed by atoms with Crippen LogP contribution in [-0.4, -0.2) is 37.4 Å². The predicted molar refractivity (Wildman–Crippen MR) is 52.0 cm³/mol. The fraction of sp³-hybridized carbons (Fsp3) is 1.00. The van der Waals surface area contributed by atoms with Crippen LogP contribution in [0.1, 0.15) is 20.3 Å². The Morgan fingerprint density at radius 1 is 1.33 bits per heavy atom. The van der Waals surface area contributed by atoms with Gasteiger partial charge in [0.15, 0.2) is 0 Å². The molecule has 0 amide bonds. The predicted octanol–water partition coefficient (Wildman–Crippen LogP) is 1.29. The SMILES string of the molecule is CCCN(CC)S(=O)(=O)CCCl. The van der Waals surface area contributed by atoms with Crippen LogP contribution in [0.3, 0.4) is 0 Å². The van der Waals surface area contributed by atoms with Gasteiger partial charge in [-0.15, -0.1) is 11.6 Å². The van der Waals surface area contributed by atoms with E-state index >= 15 is 0 Å². The van der Waals surface area contributed by atoms with Crippen LogP contribution in [0.5, 0.6) is 0 Å². The number of sulfonamides is 1. The molecule has 0 aliphatic heterocycles. The van der Waals surface area contributed by atoms with Crippen molar-refractivity contribution in [3.63, 3.8) is 0 Å². The standard InChI is InChI=1S/C7H16ClNO2S/c1-3-6-9(4-2)12(10,11)7-5-8/h3-7H2,1-2H3. The molecule has 0 rings (SSSR count). The third-order valence-electron chi connectivity index (χ3n) is 1.55. The zero-order valence-electron chi connectivity index (χ0n) is 7.59. The number of halogens is 1. The maximum absolute atomic E-state index is 11.4. The highest BCUT2D eigenvalue weighted by molar-refractivity contribution is 7.89. The molecule has 0 saturated heterocycles. The number of alkyl halides is 1. The van der Waals surface area contributed by atoms with Gasteiger partial charge in [-0.25, -0.2) is 12.7 Å². The van der Waals surface area contributed by atoms with Gasteiger partial charge in [-0.3, -0.25) is 0 Å². The summed E-state index contributed by atoms with van der Waals surface area (Å²) in [5.74, 6) is 0.213. The lowest BCUT2D eigenvalue weighted by Gasteiger charge is -2.18. The summed E-state index contributed by atoms with van der Waals surface area (Å²) in [6, 6.07) is 0. The molecule has 0 aliphatic carbocycles. The van der Waals surface area contributed by atoms with Crippen LogP contribution in [0, 0.1) is 0 Å². The Morgan fingerprint density at radius 3 is 2.25 bits per heavy atom. The van der Waals surface area contributed by atoms with Gasteiger partial charge in [0, 0.05) is 19.0 Å². The van der Waals surface area contributed by atoms with E-state index in [1.807, 2.05) is 13.8 Å². The molecule has 0 saturated carbocycles. The molecule has 5 heteroatoms. The monoisotopic (exact) mass is 213 g/mol. The van der Waals surface area contributed by atoms with E-state index in [1.165, 1.54) is 4.31 Å². The Bertz CT molecular complexity index is 203. The van der Waals surface area contributed by atoms with Crippen molar-refractivity contribution in [3.05, 3.63) is 0 Å². The fourth-order valence-corrected chi connectivity index (χ4v) is 2.86. The molecule has 74 valence electrons. The van der Waals surface area contributed by atoms with Crippen LogP contribution in [0.2, 0.25) is 0 Å². The van der Waals surface area contributed by atoms with Crippen LogP contribution >= 0.6 is 11.6 Å². The van der Waals surface area contributed by atoms with E-state index in [-0.39, 0.29) is 11.6 Å². The molecule has 0 bridgehead atoms. The van der Waals surface area contributed by atoms with Crippen molar-refractivity contribution in [2.24, 2.45) is 0 Å². The zero-order chi connectivity index (χ0) is 9.61. The molecule has 0 fully saturated rings. The van der Waals surface area contributed by atoms with Crippen molar-refractivity contribution in [2.75, 3.05) is 24.7 Å². The van der Waals surface area contributed by atoms with E-state index in [0.29, 0.717) is 13.1 Å². The zero-order valence-corrected chi connectivity index (χ0v) is 9.16. The summed E-state index contributed by atoms with van der Waals surface area (Å²) < 4.78 is 24.3. The van der Waals surface area contributed by atoms with Crippen LogP contribution in [0.4, 0.5) is 0 Å². The van der Waals surface area contributed by atoms with E-state index in [1.54, 1.807) is 0 Å². The molecule has 0 aliphatic rings. The lowest BCUT2D eigenvalue weighted by atomic mass is 10.5. The summed E-state index contributed by atoms with van der Waals surface area (Å²) in [4.78, 5) is 0. The van der Waals surface area contributed by atoms with Crippen molar-refractivity contribution < 1.29 is 8.42 Å². The second-order valence-electron chi connectivity index (χ2n) is 2.50. The molecule has 12 heavy (non-hydrogen) atoms. The average Bonchev–Trinajstić information content (AvgIpc) is 1.99. The molecule has 0 aromatic rings. The van der Waals surface area contributed by atoms with Gasteiger partial charge in [-0.2, -0.15) is 0 Å². The normalized spacial score (nSPS) is 12.3.